The molecule has 0 unspecified atom stereocenters. The highest BCUT2D eigenvalue weighted by molar-refractivity contribution is 7.89. The minimum Gasteiger partial charge on any atom is -0.497 e. The number of hydrogen-bond acceptors (Lipinski definition) is 4. The molecule has 2 saturated heterocycles. The molecule has 0 spiro atoms. The van der Waals surface area contributed by atoms with E-state index in [0.717, 1.165) is 50.0 Å². The normalized spacial score (nSPS) is 21.9. The van der Waals surface area contributed by atoms with Crippen molar-refractivity contribution in [2.75, 3.05) is 26.7 Å². The van der Waals surface area contributed by atoms with Crippen LogP contribution in [-0.4, -0.2) is 50.3 Å². The third-order valence-corrected chi connectivity index (χ3v) is 9.69. The lowest BCUT2D eigenvalue weighted by Gasteiger charge is -2.34. The molecule has 1 aliphatic carbocycles. The predicted molar refractivity (Wildman–Crippen MR) is 131 cm³/mol. The van der Waals surface area contributed by atoms with E-state index in [0.29, 0.717) is 30.8 Å². The summed E-state index contributed by atoms with van der Waals surface area (Å²) in [5.74, 6) is 0.866. The van der Waals surface area contributed by atoms with Crippen molar-refractivity contribution in [1.29, 1.82) is 0 Å². The van der Waals surface area contributed by atoms with Gasteiger partial charge in [-0.2, -0.15) is 4.31 Å². The first kappa shape index (κ1) is 23.4. The number of rotatable bonds is 5. The Labute approximate surface area is 203 Å². The maximum absolute atomic E-state index is 13.4. The number of aryl methyl sites for hydroxylation is 2. The van der Waals surface area contributed by atoms with Gasteiger partial charge < -0.3 is 9.64 Å². The van der Waals surface area contributed by atoms with E-state index in [2.05, 4.69) is 0 Å². The Morgan fingerprint density at radius 1 is 0.882 bits per heavy atom. The number of piperidine rings is 1. The highest BCUT2D eigenvalue weighted by Gasteiger charge is 2.37. The molecule has 2 heterocycles. The van der Waals surface area contributed by atoms with E-state index in [9.17, 15) is 13.2 Å². The van der Waals surface area contributed by atoms with Crippen molar-refractivity contribution in [2.45, 2.75) is 62.3 Å². The van der Waals surface area contributed by atoms with Gasteiger partial charge in [-0.05, 0) is 92.3 Å². The van der Waals surface area contributed by atoms with Gasteiger partial charge in [0.05, 0.1) is 18.0 Å². The predicted octanol–water partition coefficient (Wildman–Crippen LogP) is 4.34. The molecule has 0 bridgehead atoms. The van der Waals surface area contributed by atoms with Crippen LogP contribution in [0.5, 0.6) is 5.75 Å². The van der Waals surface area contributed by atoms with Crippen molar-refractivity contribution in [2.24, 2.45) is 5.92 Å². The van der Waals surface area contributed by atoms with Crippen LogP contribution < -0.4 is 4.74 Å². The number of hydrogen-bond donors (Lipinski definition) is 0. The first-order chi connectivity index (χ1) is 16.5. The van der Waals surface area contributed by atoms with Crippen LogP contribution in [0.15, 0.2) is 47.4 Å². The van der Waals surface area contributed by atoms with E-state index in [1.165, 1.54) is 17.5 Å². The SMILES string of the molecule is COc1ccc([C@H]2CCCN2C(=O)C2CCN(S(=O)(=O)c3ccc4c(c3)CCCC4)CC2)cc1. The Hall–Kier alpha value is -2.38. The fraction of sp³-hybridized carbons (Fsp3) is 0.519. The van der Waals surface area contributed by atoms with Gasteiger partial charge in [0, 0.05) is 25.6 Å². The summed E-state index contributed by atoms with van der Waals surface area (Å²) in [5.41, 5.74) is 3.60. The number of carbonyl (C=O) groups excluding carboxylic acids is 1. The van der Waals surface area contributed by atoms with Crippen molar-refractivity contribution in [1.82, 2.24) is 9.21 Å². The van der Waals surface area contributed by atoms with Gasteiger partial charge in [-0.15, -0.1) is 0 Å². The lowest BCUT2D eigenvalue weighted by atomic mass is 9.92. The molecular formula is C27H34N2O4S. The molecule has 34 heavy (non-hydrogen) atoms. The van der Waals surface area contributed by atoms with Gasteiger partial charge in [-0.25, -0.2) is 8.42 Å². The van der Waals surface area contributed by atoms with Gasteiger partial charge in [-0.1, -0.05) is 18.2 Å². The van der Waals surface area contributed by atoms with E-state index in [1.54, 1.807) is 17.5 Å². The molecule has 0 saturated carbocycles. The number of nitrogens with zero attached hydrogens (tertiary/aromatic N) is 2. The summed E-state index contributed by atoms with van der Waals surface area (Å²) in [7, 11) is -1.88. The number of fused-ring (bicyclic) bond motifs is 1. The molecule has 2 aliphatic heterocycles. The zero-order chi connectivity index (χ0) is 23.7. The molecule has 1 atom stereocenters. The highest BCUT2D eigenvalue weighted by atomic mass is 32.2. The summed E-state index contributed by atoms with van der Waals surface area (Å²) in [6.07, 6.45) is 7.41. The second-order valence-electron chi connectivity index (χ2n) is 9.78. The van der Waals surface area contributed by atoms with Crippen LogP contribution in [-0.2, 0) is 27.7 Å². The van der Waals surface area contributed by atoms with Crippen LogP contribution in [0.2, 0.25) is 0 Å². The molecule has 1 amide bonds. The minimum absolute atomic E-state index is 0.0932. The summed E-state index contributed by atoms with van der Waals surface area (Å²) in [5, 5.41) is 0. The van der Waals surface area contributed by atoms with Crippen molar-refractivity contribution in [3.8, 4) is 5.75 Å². The van der Waals surface area contributed by atoms with Crippen molar-refractivity contribution in [3.05, 3.63) is 59.2 Å². The van der Waals surface area contributed by atoms with E-state index in [-0.39, 0.29) is 17.9 Å². The molecule has 5 rings (SSSR count). The lowest BCUT2D eigenvalue weighted by molar-refractivity contribution is -0.137. The number of ether oxygens (including phenoxy) is 1. The molecule has 0 radical (unpaired) electrons. The number of likely N-dealkylation sites (tertiary alicyclic amines) is 1. The smallest absolute Gasteiger partial charge is 0.243 e. The number of carbonyl (C=O) groups is 1. The van der Waals surface area contributed by atoms with E-state index >= 15 is 0 Å². The van der Waals surface area contributed by atoms with Crippen molar-refractivity contribution >= 4 is 15.9 Å². The summed E-state index contributed by atoms with van der Waals surface area (Å²) in [4.78, 5) is 15.8. The van der Waals surface area contributed by atoms with Crippen LogP contribution in [0.4, 0.5) is 0 Å². The average Bonchev–Trinajstić information content (AvgIpc) is 3.38. The standard InChI is InChI=1S/C27H34N2O4S/c1-33-24-11-8-21(9-12-24)26-7-4-16-29(26)27(30)22-14-17-28(18-15-22)34(31,32)25-13-10-20-5-2-3-6-23(20)19-25/h8-13,19,22,26H,2-7,14-18H2,1H3/t26-/m1/s1. The molecule has 2 aromatic carbocycles. The molecule has 182 valence electrons. The second kappa shape index (κ2) is 9.70. The Balaban J connectivity index is 1.24. The number of sulfonamides is 1. The highest BCUT2D eigenvalue weighted by Crippen LogP contribution is 2.36. The van der Waals surface area contributed by atoms with Gasteiger partial charge in [-0.3, -0.25) is 4.79 Å². The van der Waals surface area contributed by atoms with Crippen LogP contribution >= 0.6 is 0 Å². The van der Waals surface area contributed by atoms with Crippen molar-refractivity contribution < 1.29 is 17.9 Å². The fourth-order valence-corrected chi connectivity index (χ4v) is 7.32. The van der Waals surface area contributed by atoms with E-state index < -0.39 is 10.0 Å². The maximum Gasteiger partial charge on any atom is 0.243 e. The molecule has 0 N–H and O–H groups in total. The van der Waals surface area contributed by atoms with E-state index in [1.807, 2.05) is 41.3 Å². The number of amides is 1. The summed E-state index contributed by atoms with van der Waals surface area (Å²) in [6.45, 7) is 1.57. The zero-order valence-electron chi connectivity index (χ0n) is 19.9. The maximum atomic E-state index is 13.4. The van der Waals surface area contributed by atoms with Crippen LogP contribution in [0.3, 0.4) is 0 Å². The molecule has 6 nitrogen and oxygen atoms in total. The molecule has 0 aromatic heterocycles. The first-order valence-electron chi connectivity index (χ1n) is 12.5. The fourth-order valence-electron chi connectivity index (χ4n) is 5.80. The lowest BCUT2D eigenvalue weighted by Crippen LogP contribution is -2.44. The Morgan fingerprint density at radius 3 is 2.29 bits per heavy atom. The Kier molecular flexibility index (Phi) is 6.67. The Bertz CT molecular complexity index is 1140. The molecule has 2 aromatic rings. The van der Waals surface area contributed by atoms with Gasteiger partial charge >= 0.3 is 0 Å². The van der Waals surface area contributed by atoms with Gasteiger partial charge in [0.1, 0.15) is 5.75 Å². The summed E-state index contributed by atoms with van der Waals surface area (Å²) >= 11 is 0. The summed E-state index contributed by atoms with van der Waals surface area (Å²) < 4.78 is 33.5. The quantitative estimate of drug-likeness (QED) is 0.636. The second-order valence-corrected chi connectivity index (χ2v) is 11.7. The van der Waals surface area contributed by atoms with Gasteiger partial charge in [0.25, 0.3) is 0 Å². The molecule has 3 aliphatic rings. The first-order valence-corrected chi connectivity index (χ1v) is 14.0. The Morgan fingerprint density at radius 2 is 1.59 bits per heavy atom. The third kappa shape index (κ3) is 4.48. The topological polar surface area (TPSA) is 66.9 Å². The van der Waals surface area contributed by atoms with Crippen LogP contribution in [0.25, 0.3) is 0 Å². The van der Waals surface area contributed by atoms with E-state index in [4.69, 9.17) is 4.74 Å². The van der Waals surface area contributed by atoms with Crippen LogP contribution in [0, 0.1) is 5.92 Å². The molecule has 7 heteroatoms. The zero-order valence-corrected chi connectivity index (χ0v) is 20.7. The number of benzene rings is 2. The van der Waals surface area contributed by atoms with Gasteiger partial charge in [0.15, 0.2) is 0 Å². The molecule has 2 fully saturated rings. The minimum atomic E-state index is -3.53. The largest absolute Gasteiger partial charge is 0.497 e. The number of methoxy groups -OCH3 is 1. The monoisotopic (exact) mass is 482 g/mol. The van der Waals surface area contributed by atoms with Crippen molar-refractivity contribution in [3.63, 3.8) is 0 Å². The van der Waals surface area contributed by atoms with Crippen LogP contribution in [0.1, 0.15) is 61.3 Å². The third-order valence-electron chi connectivity index (χ3n) is 7.80. The summed E-state index contributed by atoms with van der Waals surface area (Å²) in [6, 6.07) is 13.7. The molecular weight excluding hydrogens is 448 g/mol. The van der Waals surface area contributed by atoms with Gasteiger partial charge in [0.2, 0.25) is 15.9 Å². The average molecular weight is 483 g/mol.